The fourth-order valence-corrected chi connectivity index (χ4v) is 3.84. The van der Waals surface area contributed by atoms with Gasteiger partial charge in [0, 0.05) is 10.7 Å². The van der Waals surface area contributed by atoms with E-state index in [0.29, 0.717) is 11.4 Å². The van der Waals surface area contributed by atoms with Crippen molar-refractivity contribution in [1.29, 1.82) is 0 Å². The van der Waals surface area contributed by atoms with Gasteiger partial charge in [-0.05, 0) is 72.0 Å². The number of nitrogens with one attached hydrogen (secondary N) is 1. The zero-order chi connectivity index (χ0) is 19.2. The average Bonchev–Trinajstić information content (AvgIpc) is 2.89. The van der Waals surface area contributed by atoms with Gasteiger partial charge in [-0.25, -0.2) is 4.39 Å². The third kappa shape index (κ3) is 3.22. The molecule has 3 aromatic carbocycles. The molecule has 136 valence electrons. The van der Waals surface area contributed by atoms with Crippen LogP contribution in [-0.4, -0.2) is 5.91 Å². The van der Waals surface area contributed by atoms with Crippen LogP contribution in [0, 0.1) is 5.82 Å². The van der Waals surface area contributed by atoms with Crippen LogP contribution in [0.4, 0.5) is 10.1 Å². The number of rotatable bonds is 3. The Bertz CT molecular complexity index is 1050. The summed E-state index contributed by atoms with van der Waals surface area (Å²) in [6.45, 7) is 1.93. The summed E-state index contributed by atoms with van der Waals surface area (Å²) < 4.78 is 13.5. The van der Waals surface area contributed by atoms with Gasteiger partial charge in [0.05, 0.1) is 10.4 Å². The van der Waals surface area contributed by atoms with Crippen LogP contribution in [0.15, 0.2) is 60.7 Å². The van der Waals surface area contributed by atoms with Crippen molar-refractivity contribution in [2.45, 2.75) is 18.8 Å². The molecule has 1 atom stereocenters. The highest BCUT2D eigenvalue weighted by molar-refractivity contribution is 6.31. The molecular formula is C22H16Cl2FNO. The molecule has 1 aliphatic rings. The van der Waals surface area contributed by atoms with Crippen molar-refractivity contribution in [2.75, 3.05) is 5.32 Å². The third-order valence-electron chi connectivity index (χ3n) is 5.09. The molecule has 0 fully saturated rings. The van der Waals surface area contributed by atoms with Crippen molar-refractivity contribution < 1.29 is 9.18 Å². The molecule has 1 unspecified atom stereocenters. The number of hydrogen-bond acceptors (Lipinski definition) is 1. The fourth-order valence-electron chi connectivity index (χ4n) is 3.53. The summed E-state index contributed by atoms with van der Waals surface area (Å²) in [6, 6.07) is 17.9. The SMILES string of the molecule is CC1(Cc2ccc(Cl)cc2)C(=O)Nc2ccc(-c3ccc(F)c(Cl)c3)cc21. The van der Waals surface area contributed by atoms with Gasteiger partial charge in [0.25, 0.3) is 0 Å². The second kappa shape index (κ2) is 6.66. The predicted octanol–water partition coefficient (Wildman–Crippen LogP) is 6.25. The molecule has 5 heteroatoms. The van der Waals surface area contributed by atoms with Crippen molar-refractivity contribution in [1.82, 2.24) is 0 Å². The monoisotopic (exact) mass is 399 g/mol. The lowest BCUT2D eigenvalue weighted by Gasteiger charge is -2.23. The highest BCUT2D eigenvalue weighted by atomic mass is 35.5. The Morgan fingerprint density at radius 1 is 0.963 bits per heavy atom. The zero-order valence-electron chi connectivity index (χ0n) is 14.5. The van der Waals surface area contributed by atoms with Crippen molar-refractivity contribution in [3.63, 3.8) is 0 Å². The van der Waals surface area contributed by atoms with E-state index in [1.807, 2.05) is 49.4 Å². The number of amides is 1. The van der Waals surface area contributed by atoms with E-state index in [1.54, 1.807) is 12.1 Å². The Labute approximate surface area is 166 Å². The van der Waals surface area contributed by atoms with E-state index in [4.69, 9.17) is 23.2 Å². The molecular weight excluding hydrogens is 384 g/mol. The molecule has 0 saturated heterocycles. The Balaban J connectivity index is 1.76. The Morgan fingerprint density at radius 2 is 1.63 bits per heavy atom. The summed E-state index contributed by atoms with van der Waals surface area (Å²) in [7, 11) is 0. The van der Waals surface area contributed by atoms with Gasteiger partial charge in [0.15, 0.2) is 0 Å². The normalized spacial score (nSPS) is 18.3. The van der Waals surface area contributed by atoms with Gasteiger partial charge in [0.2, 0.25) is 5.91 Å². The summed E-state index contributed by atoms with van der Waals surface area (Å²) in [6.07, 6.45) is 0.552. The lowest BCUT2D eigenvalue weighted by Crippen LogP contribution is -2.33. The maximum Gasteiger partial charge on any atom is 0.235 e. The second-order valence-electron chi connectivity index (χ2n) is 6.98. The van der Waals surface area contributed by atoms with Crippen LogP contribution in [0.2, 0.25) is 10.0 Å². The molecule has 3 aromatic rings. The molecule has 27 heavy (non-hydrogen) atoms. The molecule has 0 aliphatic carbocycles. The molecule has 1 amide bonds. The summed E-state index contributed by atoms with van der Waals surface area (Å²) in [5, 5.41) is 3.71. The quantitative estimate of drug-likeness (QED) is 0.553. The molecule has 0 saturated carbocycles. The van der Waals surface area contributed by atoms with Gasteiger partial charge in [-0.3, -0.25) is 4.79 Å². The van der Waals surface area contributed by atoms with Gasteiger partial charge in [-0.15, -0.1) is 0 Å². The summed E-state index contributed by atoms with van der Waals surface area (Å²) in [5.41, 5.74) is 3.73. The smallest absolute Gasteiger partial charge is 0.235 e. The minimum Gasteiger partial charge on any atom is -0.325 e. The van der Waals surface area contributed by atoms with E-state index in [-0.39, 0.29) is 10.9 Å². The first-order valence-electron chi connectivity index (χ1n) is 8.53. The Morgan fingerprint density at radius 3 is 2.33 bits per heavy atom. The van der Waals surface area contributed by atoms with Crippen molar-refractivity contribution >= 4 is 34.8 Å². The molecule has 0 bridgehead atoms. The number of carbonyl (C=O) groups is 1. The molecule has 0 radical (unpaired) electrons. The minimum atomic E-state index is -0.705. The lowest BCUT2D eigenvalue weighted by molar-refractivity contribution is -0.120. The Kier molecular flexibility index (Phi) is 4.45. The summed E-state index contributed by atoms with van der Waals surface area (Å²) >= 11 is 11.9. The predicted molar refractivity (Wildman–Crippen MR) is 108 cm³/mol. The maximum atomic E-state index is 13.5. The molecule has 1 N–H and O–H groups in total. The molecule has 0 spiro atoms. The number of carbonyl (C=O) groups excluding carboxylic acids is 1. The number of benzene rings is 3. The molecule has 0 aromatic heterocycles. The van der Waals surface area contributed by atoms with Crippen molar-refractivity contribution in [3.8, 4) is 11.1 Å². The Hall–Kier alpha value is -2.36. The first-order chi connectivity index (χ1) is 12.9. The third-order valence-corrected chi connectivity index (χ3v) is 5.63. The van der Waals surface area contributed by atoms with E-state index in [1.165, 1.54) is 6.07 Å². The molecule has 1 aliphatic heterocycles. The van der Waals surface area contributed by atoms with Crippen molar-refractivity contribution in [2.24, 2.45) is 0 Å². The maximum absolute atomic E-state index is 13.5. The van der Waals surface area contributed by atoms with Gasteiger partial charge in [-0.2, -0.15) is 0 Å². The van der Waals surface area contributed by atoms with Crippen molar-refractivity contribution in [3.05, 3.63) is 87.7 Å². The summed E-state index contributed by atoms with van der Waals surface area (Å²) in [4.78, 5) is 12.8. The first kappa shape index (κ1) is 18.0. The number of fused-ring (bicyclic) bond motifs is 1. The minimum absolute atomic E-state index is 0.0401. The van der Waals surface area contributed by atoms with Crippen LogP contribution in [0.25, 0.3) is 11.1 Å². The van der Waals surface area contributed by atoms with Crippen LogP contribution in [0.3, 0.4) is 0 Å². The average molecular weight is 400 g/mol. The number of anilines is 1. The van der Waals surface area contributed by atoms with Crippen LogP contribution in [0.5, 0.6) is 0 Å². The molecule has 2 nitrogen and oxygen atoms in total. The lowest BCUT2D eigenvalue weighted by atomic mass is 9.77. The number of halogens is 3. The van der Waals surface area contributed by atoms with Gasteiger partial charge >= 0.3 is 0 Å². The number of hydrogen-bond donors (Lipinski definition) is 1. The second-order valence-corrected chi connectivity index (χ2v) is 7.82. The first-order valence-corrected chi connectivity index (χ1v) is 9.28. The molecule has 1 heterocycles. The van der Waals surface area contributed by atoms with Gasteiger partial charge in [0.1, 0.15) is 5.82 Å². The fraction of sp³-hybridized carbons (Fsp3) is 0.136. The highest BCUT2D eigenvalue weighted by Gasteiger charge is 2.42. The van der Waals surface area contributed by atoms with E-state index >= 15 is 0 Å². The van der Waals surface area contributed by atoms with Crippen LogP contribution in [-0.2, 0) is 16.6 Å². The molecule has 4 rings (SSSR count). The highest BCUT2D eigenvalue weighted by Crippen LogP contribution is 2.42. The largest absolute Gasteiger partial charge is 0.325 e. The van der Waals surface area contributed by atoms with E-state index < -0.39 is 11.2 Å². The van der Waals surface area contributed by atoms with Gasteiger partial charge < -0.3 is 5.32 Å². The van der Waals surface area contributed by atoms with Crippen LogP contribution >= 0.6 is 23.2 Å². The van der Waals surface area contributed by atoms with Gasteiger partial charge in [-0.1, -0.05) is 47.5 Å². The van der Waals surface area contributed by atoms with Crippen LogP contribution < -0.4 is 5.32 Å². The standard InChI is InChI=1S/C22H16Cl2FNO/c1-22(12-13-2-6-16(23)7-3-13)17-10-14(5-9-20(17)26-21(22)27)15-4-8-19(25)18(24)11-15/h2-11H,12H2,1H3,(H,26,27). The summed E-state index contributed by atoms with van der Waals surface area (Å²) in [5.74, 6) is -0.493. The van der Waals surface area contributed by atoms with Crippen LogP contribution in [0.1, 0.15) is 18.1 Å². The zero-order valence-corrected chi connectivity index (χ0v) is 16.0. The van der Waals surface area contributed by atoms with E-state index in [9.17, 15) is 9.18 Å². The van der Waals surface area contributed by atoms with E-state index in [0.717, 1.165) is 27.9 Å². The topological polar surface area (TPSA) is 29.1 Å². The van der Waals surface area contributed by atoms with E-state index in [2.05, 4.69) is 5.32 Å².